The highest BCUT2D eigenvalue weighted by atomic mass is 127. The summed E-state index contributed by atoms with van der Waals surface area (Å²) >= 11 is 9.17. The van der Waals surface area contributed by atoms with Crippen LogP contribution >= 0.6 is 68.7 Å². The minimum absolute atomic E-state index is 0.0193. The van der Waals surface area contributed by atoms with Crippen LogP contribution in [-0.2, 0) is 12.8 Å². The van der Waals surface area contributed by atoms with Crippen LogP contribution in [0.3, 0.4) is 0 Å². The first-order chi connectivity index (χ1) is 43.0. The van der Waals surface area contributed by atoms with Crippen molar-refractivity contribution in [3.63, 3.8) is 0 Å². The van der Waals surface area contributed by atoms with Gasteiger partial charge < -0.3 is 19.6 Å². The minimum Gasteiger partial charge on any atom is -0.311 e. The van der Waals surface area contributed by atoms with Crippen LogP contribution in [0.2, 0.25) is 0 Å². The number of fused-ring (bicyclic) bond motifs is 8. The molecule has 0 saturated carbocycles. The second-order valence-corrected chi connectivity index (χ2v) is 28.9. The number of hydrogen-bond donors (Lipinski definition) is 0. The van der Waals surface area contributed by atoms with Gasteiger partial charge in [-0.3, -0.25) is 0 Å². The molecule has 10 heteroatoms. The Kier molecular flexibility index (Phi) is 15.4. The van der Waals surface area contributed by atoms with Crippen LogP contribution in [0, 0.1) is 34.8 Å². The van der Waals surface area contributed by atoms with Crippen LogP contribution in [0.4, 0.5) is 68.2 Å². The van der Waals surface area contributed by atoms with E-state index in [4.69, 9.17) is 0 Å². The van der Waals surface area contributed by atoms with Crippen molar-refractivity contribution in [3.8, 4) is 0 Å². The van der Waals surface area contributed by atoms with E-state index in [1.165, 1.54) is 127 Å². The molecular weight excluding hydrogens is 1330 g/mol. The van der Waals surface area contributed by atoms with E-state index in [9.17, 15) is 0 Å². The Morgan fingerprint density at radius 2 is 0.807 bits per heavy atom. The standard InChI is InChI=1S/C78H66B2I2N4S2/c1-7-9-23-53-33-49(3)36-60(41-53)85-68-40-52(6)38-66(82)76(68)80-65-47-64-71(48-72(65)88-74-46-63(44-70(85)78(74)80)84(58-29-19-13-20-30-58)59-31-21-14-22-32-59)87-73-45-62(83(56-25-15-11-16-26-56)57-27-17-12-18-28-57)43-69-77(73)79(64)75-54(24-10-8-2)34-50(4)39-67(75)86(69)61-37-51(5)35-55(81)42-61/h11-22,25-48H,7-10,23-24H2,1-6H3. The predicted molar refractivity (Wildman–Crippen MR) is 397 cm³/mol. The molecule has 0 bridgehead atoms. The predicted octanol–water partition coefficient (Wildman–Crippen LogP) is 19.3. The van der Waals surface area contributed by atoms with Crippen LogP contribution in [0.5, 0.6) is 0 Å². The molecular formula is C78H66B2I2N4S2. The van der Waals surface area contributed by atoms with Crippen LogP contribution in [-0.4, -0.2) is 13.4 Å². The van der Waals surface area contributed by atoms with E-state index in [-0.39, 0.29) is 13.4 Å². The maximum absolute atomic E-state index is 2.71. The van der Waals surface area contributed by atoms with Gasteiger partial charge in [0, 0.05) is 95.0 Å². The van der Waals surface area contributed by atoms with Gasteiger partial charge in [0.2, 0.25) is 6.71 Å². The highest BCUT2D eigenvalue weighted by molar-refractivity contribution is 14.1. The molecule has 0 atom stereocenters. The third-order valence-electron chi connectivity index (χ3n) is 18.0. The van der Waals surface area contributed by atoms with Gasteiger partial charge in [0.05, 0.1) is 0 Å². The Morgan fingerprint density at radius 3 is 1.31 bits per heavy atom. The maximum Gasteiger partial charge on any atom is 0.250 e. The third kappa shape index (κ3) is 10.2. The summed E-state index contributed by atoms with van der Waals surface area (Å²) in [6, 6.07) is 83.5. The highest BCUT2D eigenvalue weighted by Crippen LogP contribution is 2.51. The second-order valence-electron chi connectivity index (χ2n) is 24.3. The third-order valence-corrected chi connectivity index (χ3v) is 21.8. The van der Waals surface area contributed by atoms with E-state index in [0.29, 0.717) is 0 Å². The van der Waals surface area contributed by atoms with E-state index < -0.39 is 0 Å². The number of anilines is 12. The number of aryl methyl sites for hydroxylation is 6. The topological polar surface area (TPSA) is 13.0 Å². The van der Waals surface area contributed by atoms with Gasteiger partial charge in [0.15, 0.2) is 0 Å². The maximum atomic E-state index is 2.71. The molecule has 4 heterocycles. The summed E-state index contributed by atoms with van der Waals surface area (Å²) in [6.07, 6.45) is 6.63. The van der Waals surface area contributed by atoms with Crippen LogP contribution in [0.25, 0.3) is 0 Å². The Balaban J connectivity index is 1.01. The molecule has 0 aliphatic carbocycles. The summed E-state index contributed by atoms with van der Waals surface area (Å²) in [6.45, 7) is 13.7. The van der Waals surface area contributed by atoms with Crippen LogP contribution in [0.1, 0.15) is 72.9 Å². The molecule has 4 aliphatic heterocycles. The van der Waals surface area contributed by atoms with Crippen LogP contribution in [0.15, 0.2) is 238 Å². The number of nitrogens with zero attached hydrogens (tertiary/aromatic N) is 4. The molecule has 11 aromatic rings. The molecule has 4 nitrogen and oxygen atoms in total. The number of benzene rings is 11. The van der Waals surface area contributed by atoms with E-state index >= 15 is 0 Å². The van der Waals surface area contributed by atoms with E-state index in [2.05, 4.69) is 325 Å². The number of unbranched alkanes of at least 4 members (excludes halogenated alkanes) is 2. The zero-order chi connectivity index (χ0) is 59.9. The average molecular weight is 1400 g/mol. The molecule has 88 heavy (non-hydrogen) atoms. The van der Waals surface area contributed by atoms with Gasteiger partial charge in [-0.25, -0.2) is 0 Å². The van der Waals surface area contributed by atoms with Crippen molar-refractivity contribution in [3.05, 3.63) is 259 Å². The zero-order valence-corrected chi connectivity index (χ0v) is 56.5. The monoisotopic (exact) mass is 1400 g/mol. The lowest BCUT2D eigenvalue weighted by molar-refractivity contribution is 0.794. The first-order valence-corrected chi connectivity index (χ1v) is 34.9. The van der Waals surface area contributed by atoms with Gasteiger partial charge in [-0.2, -0.15) is 0 Å². The van der Waals surface area contributed by atoms with E-state index in [1.54, 1.807) is 0 Å². The lowest BCUT2D eigenvalue weighted by Gasteiger charge is -2.44. The molecule has 0 unspecified atom stereocenters. The van der Waals surface area contributed by atoms with Gasteiger partial charge in [-0.05, 0) is 276 Å². The largest absolute Gasteiger partial charge is 0.311 e. The highest BCUT2D eigenvalue weighted by Gasteiger charge is 2.47. The molecule has 11 aromatic carbocycles. The van der Waals surface area contributed by atoms with Crippen molar-refractivity contribution in [1.29, 1.82) is 0 Å². The fourth-order valence-corrected chi connectivity index (χ4v) is 18.9. The Morgan fingerprint density at radius 1 is 0.375 bits per heavy atom. The Bertz CT molecular complexity index is 4450. The van der Waals surface area contributed by atoms with Crippen molar-refractivity contribution in [2.24, 2.45) is 0 Å². The fraction of sp³-hybridized carbons (Fsp3) is 0.154. The van der Waals surface area contributed by atoms with E-state index in [1.807, 2.05) is 23.5 Å². The van der Waals surface area contributed by atoms with Gasteiger partial charge >= 0.3 is 0 Å². The summed E-state index contributed by atoms with van der Waals surface area (Å²) in [4.78, 5) is 15.5. The number of rotatable bonds is 14. The molecule has 0 spiro atoms. The molecule has 0 N–H and O–H groups in total. The number of hydrogen-bond acceptors (Lipinski definition) is 6. The van der Waals surface area contributed by atoms with Crippen molar-refractivity contribution in [2.45, 2.75) is 99.6 Å². The quantitative estimate of drug-likeness (QED) is 0.0789. The molecule has 15 rings (SSSR count). The smallest absolute Gasteiger partial charge is 0.250 e. The molecule has 0 fully saturated rings. The van der Waals surface area contributed by atoms with Gasteiger partial charge in [0.1, 0.15) is 0 Å². The summed E-state index contributed by atoms with van der Waals surface area (Å²) < 4.78 is 2.53. The summed E-state index contributed by atoms with van der Waals surface area (Å²) in [5, 5.41) is 0. The van der Waals surface area contributed by atoms with Crippen molar-refractivity contribution < 1.29 is 0 Å². The zero-order valence-electron chi connectivity index (χ0n) is 50.5. The molecule has 0 radical (unpaired) electrons. The van der Waals surface area contributed by atoms with Crippen molar-refractivity contribution in [2.75, 3.05) is 19.6 Å². The normalized spacial score (nSPS) is 13.1. The number of halogens is 2. The van der Waals surface area contributed by atoms with Crippen molar-refractivity contribution in [1.82, 2.24) is 0 Å². The Labute approximate surface area is 556 Å². The summed E-state index contributed by atoms with van der Waals surface area (Å²) in [5.74, 6) is 0. The van der Waals surface area contributed by atoms with Gasteiger partial charge in [0.25, 0.3) is 6.71 Å². The molecule has 0 saturated heterocycles. The Hall–Kier alpha value is -7.09. The molecule has 430 valence electrons. The lowest BCUT2D eigenvalue weighted by atomic mass is 9.31. The SMILES string of the molecule is CCCCc1cc(C)cc(N2c3cc(C)cc(I)c3B3c4cc5c(cc4Sc4cc(N(c6ccccc6)c6ccccc6)cc2c43)Sc2cc(N(c3ccccc3)c3ccccc3)cc3c2B5c2c(CCCC)cc(C)cc2N3c2cc(C)cc(I)c2)c1. The van der Waals surface area contributed by atoms with Crippen LogP contribution < -0.4 is 52.4 Å². The first kappa shape index (κ1) is 57.4. The summed E-state index contributed by atoms with van der Waals surface area (Å²) in [7, 11) is 0. The molecule has 0 amide bonds. The second kappa shape index (κ2) is 23.7. The molecule has 0 aromatic heterocycles. The van der Waals surface area contributed by atoms with Gasteiger partial charge in [-0.15, -0.1) is 0 Å². The fourth-order valence-electron chi connectivity index (χ4n) is 14.5. The lowest BCUT2D eigenvalue weighted by Crippen LogP contribution is -2.64. The van der Waals surface area contributed by atoms with E-state index in [0.717, 1.165) is 72.6 Å². The van der Waals surface area contributed by atoms with Gasteiger partial charge in [-0.1, -0.05) is 158 Å². The van der Waals surface area contributed by atoms with Crippen molar-refractivity contribution >= 4 is 183 Å². The average Bonchev–Trinajstić information content (AvgIpc) is 0.764. The number of para-hydroxylation sites is 4. The summed E-state index contributed by atoms with van der Waals surface area (Å²) in [5.41, 5.74) is 30.6. The first-order valence-electron chi connectivity index (χ1n) is 31.1. The minimum atomic E-state index is -0.0318. The molecule has 4 aliphatic rings.